The van der Waals surface area contributed by atoms with E-state index in [-0.39, 0.29) is 30.0 Å². The molecular weight excluding hydrogens is 321 g/mol. The maximum Gasteiger partial charge on any atom is 0.274 e. The third-order valence-corrected chi connectivity index (χ3v) is 3.98. The number of carbonyl (C=O) groups is 1. The number of fused-ring (bicyclic) bond motifs is 1. The van der Waals surface area contributed by atoms with E-state index in [4.69, 9.17) is 10.5 Å². The molecule has 0 saturated heterocycles. The first kappa shape index (κ1) is 16.3. The SMILES string of the molecule is Cc1ccc(-c2cc(C(N)=O)nc3c2CCC(C(F)F)O3)c(F)c1. The lowest BCUT2D eigenvalue weighted by atomic mass is 9.93. The van der Waals surface area contributed by atoms with Gasteiger partial charge >= 0.3 is 0 Å². The van der Waals surface area contributed by atoms with Crippen molar-refractivity contribution in [3.05, 3.63) is 46.9 Å². The van der Waals surface area contributed by atoms with Gasteiger partial charge in [0.25, 0.3) is 12.3 Å². The predicted molar refractivity (Wildman–Crippen MR) is 81.6 cm³/mol. The second-order valence-electron chi connectivity index (χ2n) is 5.72. The van der Waals surface area contributed by atoms with E-state index < -0.39 is 24.3 Å². The molecule has 2 heterocycles. The Balaban J connectivity index is 2.17. The van der Waals surface area contributed by atoms with Crippen LogP contribution < -0.4 is 10.5 Å². The van der Waals surface area contributed by atoms with E-state index in [1.54, 1.807) is 19.1 Å². The Hall–Kier alpha value is -2.57. The minimum atomic E-state index is -2.67. The number of halogens is 3. The van der Waals surface area contributed by atoms with Crippen molar-refractivity contribution in [3.63, 3.8) is 0 Å². The van der Waals surface area contributed by atoms with E-state index in [0.717, 1.165) is 5.56 Å². The number of nitrogens with zero attached hydrogens (tertiary/aromatic N) is 1. The van der Waals surface area contributed by atoms with E-state index in [0.29, 0.717) is 11.1 Å². The molecule has 1 aromatic carbocycles. The van der Waals surface area contributed by atoms with Crippen LogP contribution in [-0.4, -0.2) is 23.4 Å². The molecule has 1 aliphatic heterocycles. The maximum atomic E-state index is 14.3. The van der Waals surface area contributed by atoms with Crippen molar-refractivity contribution >= 4 is 5.91 Å². The summed E-state index contributed by atoms with van der Waals surface area (Å²) in [6, 6.07) is 6.03. The highest BCUT2D eigenvalue weighted by Crippen LogP contribution is 2.37. The highest BCUT2D eigenvalue weighted by molar-refractivity contribution is 5.93. The van der Waals surface area contributed by atoms with Gasteiger partial charge in [-0.1, -0.05) is 12.1 Å². The number of rotatable bonds is 3. The van der Waals surface area contributed by atoms with Crippen molar-refractivity contribution in [3.8, 4) is 17.0 Å². The molecule has 0 aliphatic carbocycles. The Morgan fingerprint density at radius 3 is 2.71 bits per heavy atom. The van der Waals surface area contributed by atoms with Gasteiger partial charge in [-0.25, -0.2) is 18.2 Å². The molecule has 3 rings (SSSR count). The molecule has 1 aliphatic rings. The number of benzene rings is 1. The van der Waals surface area contributed by atoms with Gasteiger partial charge in [0.05, 0.1) is 0 Å². The second kappa shape index (κ2) is 6.14. The number of carbonyl (C=O) groups excluding carboxylic acids is 1. The number of hydrogen-bond donors (Lipinski definition) is 1. The molecule has 0 bridgehead atoms. The van der Waals surface area contributed by atoms with Gasteiger partial charge in [0.15, 0.2) is 6.10 Å². The summed E-state index contributed by atoms with van der Waals surface area (Å²) in [7, 11) is 0. The van der Waals surface area contributed by atoms with Crippen LogP contribution in [0.25, 0.3) is 11.1 Å². The van der Waals surface area contributed by atoms with Crippen LogP contribution in [0.4, 0.5) is 13.2 Å². The van der Waals surface area contributed by atoms with E-state index in [9.17, 15) is 18.0 Å². The van der Waals surface area contributed by atoms with Gasteiger partial charge in [-0.15, -0.1) is 0 Å². The molecule has 0 fully saturated rings. The molecule has 0 radical (unpaired) electrons. The number of pyridine rings is 1. The van der Waals surface area contributed by atoms with Crippen LogP contribution in [0.15, 0.2) is 24.3 Å². The van der Waals surface area contributed by atoms with Gasteiger partial charge in [0.2, 0.25) is 5.88 Å². The Labute approximate surface area is 136 Å². The number of primary amides is 1. The highest BCUT2D eigenvalue weighted by atomic mass is 19.3. The molecule has 0 spiro atoms. The lowest BCUT2D eigenvalue weighted by molar-refractivity contribution is -0.00215. The number of nitrogens with two attached hydrogens (primary N) is 1. The molecule has 0 saturated carbocycles. The number of hydrogen-bond acceptors (Lipinski definition) is 3. The molecule has 24 heavy (non-hydrogen) atoms. The summed E-state index contributed by atoms with van der Waals surface area (Å²) in [5, 5.41) is 0. The minimum absolute atomic E-state index is 0.0853. The molecule has 2 N–H and O–H groups in total. The van der Waals surface area contributed by atoms with Gasteiger partial charge in [0, 0.05) is 11.1 Å². The summed E-state index contributed by atoms with van der Waals surface area (Å²) in [5.74, 6) is -1.40. The maximum absolute atomic E-state index is 14.3. The zero-order valence-corrected chi connectivity index (χ0v) is 12.9. The summed E-state index contributed by atoms with van der Waals surface area (Å²) >= 11 is 0. The van der Waals surface area contributed by atoms with Crippen molar-refractivity contribution in [2.75, 3.05) is 0 Å². The van der Waals surface area contributed by atoms with Crippen LogP contribution in [0.2, 0.25) is 0 Å². The quantitative estimate of drug-likeness (QED) is 0.936. The second-order valence-corrected chi connectivity index (χ2v) is 5.72. The van der Waals surface area contributed by atoms with E-state index >= 15 is 0 Å². The third kappa shape index (κ3) is 2.93. The number of amides is 1. The lowest BCUT2D eigenvalue weighted by Crippen LogP contribution is -2.31. The van der Waals surface area contributed by atoms with Crippen LogP contribution in [-0.2, 0) is 6.42 Å². The molecule has 1 aromatic heterocycles. The van der Waals surface area contributed by atoms with Crippen molar-refractivity contribution in [2.45, 2.75) is 32.3 Å². The largest absolute Gasteiger partial charge is 0.468 e. The van der Waals surface area contributed by atoms with Gasteiger partial charge < -0.3 is 10.5 Å². The fourth-order valence-electron chi connectivity index (χ4n) is 2.76. The van der Waals surface area contributed by atoms with Crippen LogP contribution in [0.3, 0.4) is 0 Å². The molecular formula is C17H15F3N2O2. The van der Waals surface area contributed by atoms with Gasteiger partial charge in [-0.2, -0.15) is 0 Å². The summed E-state index contributed by atoms with van der Waals surface area (Å²) < 4.78 is 45.4. The zero-order chi connectivity index (χ0) is 17.4. The van der Waals surface area contributed by atoms with Crippen LogP contribution in [0.1, 0.15) is 28.0 Å². The van der Waals surface area contributed by atoms with Crippen molar-refractivity contribution < 1.29 is 22.7 Å². The van der Waals surface area contributed by atoms with Crippen molar-refractivity contribution in [1.82, 2.24) is 4.98 Å². The van der Waals surface area contributed by atoms with Gasteiger partial charge in [0.1, 0.15) is 11.5 Å². The lowest BCUT2D eigenvalue weighted by Gasteiger charge is -2.26. The van der Waals surface area contributed by atoms with Crippen LogP contribution >= 0.6 is 0 Å². The van der Waals surface area contributed by atoms with E-state index in [1.807, 2.05) is 0 Å². The van der Waals surface area contributed by atoms with E-state index in [1.165, 1.54) is 12.1 Å². The number of aromatic nitrogens is 1. The fourth-order valence-corrected chi connectivity index (χ4v) is 2.76. The summed E-state index contributed by atoms with van der Waals surface area (Å²) in [6.45, 7) is 1.75. The summed E-state index contributed by atoms with van der Waals surface area (Å²) in [4.78, 5) is 15.4. The third-order valence-electron chi connectivity index (χ3n) is 3.98. The van der Waals surface area contributed by atoms with Crippen molar-refractivity contribution in [2.24, 2.45) is 5.73 Å². The monoisotopic (exact) mass is 336 g/mol. The average Bonchev–Trinajstić information content (AvgIpc) is 2.53. The Morgan fingerprint density at radius 2 is 2.08 bits per heavy atom. The first-order valence-electron chi connectivity index (χ1n) is 7.42. The predicted octanol–water partition coefficient (Wildman–Crippen LogP) is 3.25. The zero-order valence-electron chi connectivity index (χ0n) is 12.9. The Bertz CT molecular complexity index is 809. The van der Waals surface area contributed by atoms with Gasteiger partial charge in [-0.05, 0) is 43.0 Å². The molecule has 1 amide bonds. The topological polar surface area (TPSA) is 65.2 Å². The molecule has 4 nitrogen and oxygen atoms in total. The first-order valence-corrected chi connectivity index (χ1v) is 7.42. The summed E-state index contributed by atoms with van der Waals surface area (Å²) in [6.07, 6.45) is -3.64. The molecule has 2 aromatic rings. The average molecular weight is 336 g/mol. The highest BCUT2D eigenvalue weighted by Gasteiger charge is 2.31. The van der Waals surface area contributed by atoms with Crippen LogP contribution in [0.5, 0.6) is 5.88 Å². The minimum Gasteiger partial charge on any atom is -0.468 e. The number of ether oxygens (including phenoxy) is 1. The Kier molecular flexibility index (Phi) is 4.17. The number of alkyl halides is 2. The Morgan fingerprint density at radius 1 is 1.33 bits per heavy atom. The van der Waals surface area contributed by atoms with Crippen molar-refractivity contribution in [1.29, 1.82) is 0 Å². The molecule has 1 atom stereocenters. The van der Waals surface area contributed by atoms with Gasteiger partial charge in [-0.3, -0.25) is 4.79 Å². The molecule has 126 valence electrons. The number of aryl methyl sites for hydroxylation is 1. The standard InChI is InChI=1S/C17H15F3N2O2/c1-8-2-3-9(12(18)6-8)11-7-13(16(21)23)22-17-10(11)4-5-14(24-17)15(19)20/h2-3,6-7,14-15H,4-5H2,1H3,(H2,21,23). The smallest absolute Gasteiger partial charge is 0.274 e. The molecule has 1 unspecified atom stereocenters. The first-order chi connectivity index (χ1) is 11.4. The van der Waals surface area contributed by atoms with E-state index in [2.05, 4.69) is 4.98 Å². The van der Waals surface area contributed by atoms with Crippen LogP contribution in [0, 0.1) is 12.7 Å². The fraction of sp³-hybridized carbons (Fsp3) is 0.294. The molecule has 7 heteroatoms. The summed E-state index contributed by atoms with van der Waals surface area (Å²) in [5.41, 5.74) is 6.98. The normalized spacial score (nSPS) is 16.6.